The lowest BCUT2D eigenvalue weighted by atomic mass is 10.2. The molecule has 0 amide bonds. The third-order valence-electron chi connectivity index (χ3n) is 2.51. The van der Waals surface area contributed by atoms with Crippen LogP contribution in [0.3, 0.4) is 0 Å². The molecule has 1 heterocycles. The molecule has 0 bridgehead atoms. The Bertz CT molecular complexity index is 362. The van der Waals surface area contributed by atoms with Gasteiger partial charge in [-0.1, -0.05) is 6.07 Å². The highest BCUT2D eigenvalue weighted by molar-refractivity contribution is 7.10. The predicted molar refractivity (Wildman–Crippen MR) is 70.2 cm³/mol. The molecule has 0 aliphatic carbocycles. The van der Waals surface area contributed by atoms with Gasteiger partial charge in [0.1, 0.15) is 6.61 Å². The van der Waals surface area contributed by atoms with E-state index in [-0.39, 0.29) is 0 Å². The monoisotopic (exact) mass is 259 g/mol. The van der Waals surface area contributed by atoms with Gasteiger partial charge in [0, 0.05) is 16.0 Å². The summed E-state index contributed by atoms with van der Waals surface area (Å²) in [6.45, 7) is 3.08. The smallest absolute Gasteiger partial charge is 0.184 e. The number of hydrogen-bond acceptors (Lipinski definition) is 4. The molecule has 0 spiro atoms. The second-order valence-corrected chi connectivity index (χ2v) is 4.00. The highest BCUT2D eigenvalue weighted by atomic mass is 31.0. The zero-order valence-electron chi connectivity index (χ0n) is 8.89. The zero-order chi connectivity index (χ0) is 11.4. The lowest BCUT2D eigenvalue weighted by Crippen LogP contribution is -2.34. The van der Waals surface area contributed by atoms with Crippen LogP contribution in [0.1, 0.15) is 0 Å². The number of benzene rings is 1. The van der Waals surface area contributed by atoms with Gasteiger partial charge in [0.2, 0.25) is 0 Å². The van der Waals surface area contributed by atoms with Gasteiger partial charge in [0.05, 0.1) is 28.3 Å². The van der Waals surface area contributed by atoms with Crippen molar-refractivity contribution in [3.8, 4) is 11.5 Å². The largest absolute Gasteiger partial charge is 0.486 e. The molecular weight excluding hydrogens is 244 g/mol. The fraction of sp³-hybridized carbons (Fsp3) is 0.400. The molecular formula is C10H15NO3P2. The average molecular weight is 259 g/mol. The Morgan fingerprint density at radius 3 is 3.00 bits per heavy atom. The molecule has 0 saturated heterocycles. The van der Waals surface area contributed by atoms with Crippen LogP contribution < -0.4 is 14.2 Å². The van der Waals surface area contributed by atoms with Crippen LogP contribution in [0.2, 0.25) is 0 Å². The number of hydrogen-bond donors (Lipinski definition) is 0. The molecule has 0 aromatic heterocycles. The van der Waals surface area contributed by atoms with Gasteiger partial charge in [-0.15, -0.1) is 0 Å². The van der Waals surface area contributed by atoms with Crippen molar-refractivity contribution in [2.24, 2.45) is 0 Å². The van der Waals surface area contributed by atoms with Crippen LogP contribution in [0.15, 0.2) is 18.2 Å². The SMILES string of the molecule is POCCN1CCOc2c(OP)cccc21. The molecule has 0 fully saturated rings. The number of para-hydroxylation sites is 1. The first-order chi connectivity index (χ1) is 7.86. The van der Waals surface area contributed by atoms with Crippen molar-refractivity contribution in [3.63, 3.8) is 0 Å². The molecule has 1 aliphatic heterocycles. The highest BCUT2D eigenvalue weighted by Gasteiger charge is 2.20. The van der Waals surface area contributed by atoms with Crippen molar-refractivity contribution in [2.75, 3.05) is 31.2 Å². The van der Waals surface area contributed by atoms with Crippen LogP contribution in [0.4, 0.5) is 5.69 Å². The quantitative estimate of drug-likeness (QED) is 0.772. The van der Waals surface area contributed by atoms with E-state index < -0.39 is 0 Å². The van der Waals surface area contributed by atoms with Crippen LogP contribution in [0, 0.1) is 0 Å². The summed E-state index contributed by atoms with van der Waals surface area (Å²) < 4.78 is 15.8. The third kappa shape index (κ3) is 2.40. The molecule has 88 valence electrons. The van der Waals surface area contributed by atoms with Crippen molar-refractivity contribution in [1.29, 1.82) is 0 Å². The van der Waals surface area contributed by atoms with Crippen molar-refractivity contribution in [3.05, 3.63) is 18.2 Å². The molecule has 2 unspecified atom stereocenters. The fourth-order valence-electron chi connectivity index (χ4n) is 1.76. The Labute approximate surface area is 99.8 Å². The first kappa shape index (κ1) is 11.9. The van der Waals surface area contributed by atoms with Gasteiger partial charge >= 0.3 is 0 Å². The maximum absolute atomic E-state index is 5.63. The van der Waals surface area contributed by atoms with Gasteiger partial charge < -0.3 is 18.7 Å². The summed E-state index contributed by atoms with van der Waals surface area (Å²) in [5.41, 5.74) is 1.06. The topological polar surface area (TPSA) is 30.9 Å². The van der Waals surface area contributed by atoms with E-state index in [1.54, 1.807) is 0 Å². The minimum atomic E-state index is 0.675. The Morgan fingerprint density at radius 2 is 2.25 bits per heavy atom. The summed E-state index contributed by atoms with van der Waals surface area (Å²) in [5.74, 6) is 1.56. The van der Waals surface area contributed by atoms with Crippen molar-refractivity contribution in [2.45, 2.75) is 0 Å². The summed E-state index contributed by atoms with van der Waals surface area (Å²) in [5, 5.41) is 0. The van der Waals surface area contributed by atoms with E-state index in [9.17, 15) is 0 Å². The summed E-state index contributed by atoms with van der Waals surface area (Å²) in [7, 11) is 4.51. The summed E-state index contributed by atoms with van der Waals surface area (Å²) in [4.78, 5) is 2.23. The van der Waals surface area contributed by atoms with E-state index in [4.69, 9.17) is 13.8 Å². The van der Waals surface area contributed by atoms with Crippen LogP contribution in [0.5, 0.6) is 11.5 Å². The molecule has 1 aromatic carbocycles. The standard InChI is InChI=1S/C10H15NO3P2/c15-13-7-5-11-4-6-12-10-8(11)2-1-3-9(10)14-16/h1-3H,4-7,15-16H2. The predicted octanol–water partition coefficient (Wildman–Crippen LogP) is 1.86. The van der Waals surface area contributed by atoms with E-state index in [0.29, 0.717) is 13.2 Å². The van der Waals surface area contributed by atoms with Gasteiger partial charge in [-0.3, -0.25) is 0 Å². The molecule has 0 saturated carbocycles. The second kappa shape index (κ2) is 5.67. The van der Waals surface area contributed by atoms with Crippen molar-refractivity contribution < 1.29 is 13.8 Å². The zero-order valence-corrected chi connectivity index (χ0v) is 11.2. The normalized spacial score (nSPS) is 14.2. The molecule has 16 heavy (non-hydrogen) atoms. The van der Waals surface area contributed by atoms with Crippen LogP contribution in [0.25, 0.3) is 0 Å². The Hall–Kier alpha value is -0.560. The van der Waals surface area contributed by atoms with E-state index in [0.717, 1.165) is 30.3 Å². The van der Waals surface area contributed by atoms with Gasteiger partial charge in [-0.05, 0) is 12.1 Å². The average Bonchev–Trinajstić information content (AvgIpc) is 2.35. The highest BCUT2D eigenvalue weighted by Crippen LogP contribution is 2.40. The maximum Gasteiger partial charge on any atom is 0.184 e. The van der Waals surface area contributed by atoms with E-state index in [1.807, 2.05) is 18.2 Å². The summed E-state index contributed by atoms with van der Waals surface area (Å²) in [6, 6.07) is 5.88. The Balaban J connectivity index is 2.24. The summed E-state index contributed by atoms with van der Waals surface area (Å²) in [6.07, 6.45) is 0. The first-order valence-electron chi connectivity index (χ1n) is 5.06. The number of rotatable bonds is 4. The Kier molecular flexibility index (Phi) is 4.22. The second-order valence-electron chi connectivity index (χ2n) is 3.43. The number of anilines is 1. The van der Waals surface area contributed by atoms with Crippen LogP contribution >= 0.6 is 18.9 Å². The number of fused-ring (bicyclic) bond motifs is 1. The minimum absolute atomic E-state index is 0.675. The molecule has 4 nitrogen and oxygen atoms in total. The Morgan fingerprint density at radius 1 is 1.38 bits per heavy atom. The van der Waals surface area contributed by atoms with Gasteiger partial charge in [0.15, 0.2) is 11.5 Å². The van der Waals surface area contributed by atoms with Crippen molar-refractivity contribution in [1.82, 2.24) is 0 Å². The van der Waals surface area contributed by atoms with Crippen LogP contribution in [-0.4, -0.2) is 26.3 Å². The minimum Gasteiger partial charge on any atom is -0.486 e. The van der Waals surface area contributed by atoms with Gasteiger partial charge in [-0.25, -0.2) is 0 Å². The van der Waals surface area contributed by atoms with Gasteiger partial charge in [0.25, 0.3) is 0 Å². The molecule has 1 aromatic rings. The number of nitrogens with zero attached hydrogens (tertiary/aromatic N) is 1. The molecule has 1 aliphatic rings. The summed E-state index contributed by atoms with van der Waals surface area (Å²) >= 11 is 0. The maximum atomic E-state index is 5.63. The number of ether oxygens (including phenoxy) is 1. The van der Waals surface area contributed by atoms with Crippen molar-refractivity contribution >= 4 is 24.6 Å². The molecule has 0 N–H and O–H groups in total. The molecule has 0 radical (unpaired) electrons. The molecule has 2 atom stereocenters. The van der Waals surface area contributed by atoms with Gasteiger partial charge in [-0.2, -0.15) is 0 Å². The van der Waals surface area contributed by atoms with Crippen LogP contribution in [-0.2, 0) is 4.52 Å². The molecule has 6 heteroatoms. The van der Waals surface area contributed by atoms with E-state index >= 15 is 0 Å². The fourth-order valence-corrected chi connectivity index (χ4v) is 2.06. The lowest BCUT2D eigenvalue weighted by Gasteiger charge is -2.31. The van der Waals surface area contributed by atoms with E-state index in [2.05, 4.69) is 23.8 Å². The van der Waals surface area contributed by atoms with E-state index in [1.165, 1.54) is 0 Å². The molecule has 2 rings (SSSR count). The lowest BCUT2D eigenvalue weighted by molar-refractivity contribution is 0.292. The third-order valence-corrected chi connectivity index (χ3v) is 3.00. The first-order valence-corrected chi connectivity index (χ1v) is 6.00.